The SMILES string of the molecule is C[C@H]1c2ccc(Cl)cc2CCN1C(=O)CNc1cc2nc(CN)[nH]c(=O)c2cc1F. The van der Waals surface area contributed by atoms with E-state index in [0.717, 1.165) is 17.2 Å². The van der Waals surface area contributed by atoms with E-state index in [4.69, 9.17) is 17.3 Å². The zero-order valence-electron chi connectivity index (χ0n) is 16.3. The number of carbonyl (C=O) groups is 1. The van der Waals surface area contributed by atoms with Crippen molar-refractivity contribution in [1.29, 1.82) is 0 Å². The number of nitrogens with two attached hydrogens (primary N) is 1. The molecule has 0 unspecified atom stereocenters. The quantitative estimate of drug-likeness (QED) is 0.591. The second-order valence-electron chi connectivity index (χ2n) is 7.28. The molecule has 156 valence electrons. The Hall–Kier alpha value is -2.97. The molecule has 7 nitrogen and oxygen atoms in total. The Kier molecular flexibility index (Phi) is 5.44. The number of halogens is 2. The molecule has 4 rings (SSSR count). The largest absolute Gasteiger partial charge is 0.374 e. The molecular formula is C21H21ClFN5O2. The number of fused-ring (bicyclic) bond motifs is 2. The molecule has 0 saturated heterocycles. The first kappa shape index (κ1) is 20.3. The predicted molar refractivity (Wildman–Crippen MR) is 114 cm³/mol. The van der Waals surface area contributed by atoms with Gasteiger partial charge in [-0.2, -0.15) is 0 Å². The molecule has 9 heteroatoms. The Balaban J connectivity index is 1.52. The first-order valence-corrected chi connectivity index (χ1v) is 9.99. The molecule has 30 heavy (non-hydrogen) atoms. The van der Waals surface area contributed by atoms with Crippen molar-refractivity contribution in [1.82, 2.24) is 14.9 Å². The summed E-state index contributed by atoms with van der Waals surface area (Å²) in [5.41, 5.74) is 7.70. The van der Waals surface area contributed by atoms with E-state index >= 15 is 0 Å². The van der Waals surface area contributed by atoms with Gasteiger partial charge in [-0.3, -0.25) is 9.59 Å². The summed E-state index contributed by atoms with van der Waals surface area (Å²) in [6.45, 7) is 2.50. The third-order valence-corrected chi connectivity index (χ3v) is 5.67. The van der Waals surface area contributed by atoms with Gasteiger partial charge in [0.2, 0.25) is 5.91 Å². The number of hydrogen-bond donors (Lipinski definition) is 3. The molecule has 0 spiro atoms. The minimum Gasteiger partial charge on any atom is -0.374 e. The standard InChI is InChI=1S/C21H21ClFN5O2/c1-11-14-3-2-13(22)6-12(14)4-5-28(11)20(29)10-25-18-8-17-15(7-16(18)23)21(30)27-19(9-24)26-17/h2-3,6-8,11,25H,4-5,9-10,24H2,1H3,(H,26,27,30)/t11-/m0/s1. The van der Waals surface area contributed by atoms with Gasteiger partial charge in [0.05, 0.1) is 35.7 Å². The van der Waals surface area contributed by atoms with Gasteiger partial charge in [0, 0.05) is 11.6 Å². The highest BCUT2D eigenvalue weighted by atomic mass is 35.5. The average molecular weight is 430 g/mol. The summed E-state index contributed by atoms with van der Waals surface area (Å²) in [5.74, 6) is -0.471. The number of aromatic amines is 1. The number of amides is 1. The van der Waals surface area contributed by atoms with Crippen molar-refractivity contribution in [3.8, 4) is 0 Å². The summed E-state index contributed by atoms with van der Waals surface area (Å²) in [7, 11) is 0. The van der Waals surface area contributed by atoms with Crippen LogP contribution in [0.5, 0.6) is 0 Å². The van der Waals surface area contributed by atoms with E-state index in [-0.39, 0.29) is 36.1 Å². The lowest BCUT2D eigenvalue weighted by Crippen LogP contribution is -2.41. The number of benzene rings is 2. The molecule has 1 atom stereocenters. The van der Waals surface area contributed by atoms with Crippen molar-refractivity contribution in [3.63, 3.8) is 0 Å². The van der Waals surface area contributed by atoms with Crippen LogP contribution in [0, 0.1) is 5.82 Å². The van der Waals surface area contributed by atoms with Crippen LogP contribution in [-0.4, -0.2) is 33.9 Å². The number of nitrogens with zero attached hydrogens (tertiary/aromatic N) is 2. The predicted octanol–water partition coefficient (Wildman–Crippen LogP) is 2.73. The Bertz CT molecular complexity index is 1200. The molecule has 2 aromatic carbocycles. The third-order valence-electron chi connectivity index (χ3n) is 5.43. The van der Waals surface area contributed by atoms with Crippen molar-refractivity contribution in [2.45, 2.75) is 25.9 Å². The van der Waals surface area contributed by atoms with Gasteiger partial charge in [-0.15, -0.1) is 0 Å². The molecule has 0 radical (unpaired) electrons. The van der Waals surface area contributed by atoms with Gasteiger partial charge in [-0.1, -0.05) is 17.7 Å². The number of anilines is 1. The minimum absolute atomic E-state index is 0.0589. The summed E-state index contributed by atoms with van der Waals surface area (Å²) >= 11 is 6.07. The van der Waals surface area contributed by atoms with Crippen LogP contribution in [0.4, 0.5) is 10.1 Å². The highest BCUT2D eigenvalue weighted by Crippen LogP contribution is 2.31. The fourth-order valence-corrected chi connectivity index (χ4v) is 4.05. The number of nitrogens with one attached hydrogen (secondary N) is 2. The van der Waals surface area contributed by atoms with Gasteiger partial charge in [0.25, 0.3) is 5.56 Å². The number of aromatic nitrogens is 2. The van der Waals surface area contributed by atoms with Crippen LogP contribution in [0.3, 0.4) is 0 Å². The van der Waals surface area contributed by atoms with Gasteiger partial charge in [0.1, 0.15) is 11.6 Å². The van der Waals surface area contributed by atoms with E-state index in [9.17, 15) is 14.0 Å². The lowest BCUT2D eigenvalue weighted by Gasteiger charge is -2.35. The van der Waals surface area contributed by atoms with Crippen LogP contribution in [0.2, 0.25) is 5.02 Å². The summed E-state index contributed by atoms with van der Waals surface area (Å²) in [6, 6.07) is 8.12. The van der Waals surface area contributed by atoms with Gasteiger partial charge in [-0.05, 0) is 48.7 Å². The molecule has 1 aromatic heterocycles. The zero-order valence-corrected chi connectivity index (χ0v) is 17.1. The third kappa shape index (κ3) is 3.76. The number of carbonyl (C=O) groups excluding carboxylic acids is 1. The van der Waals surface area contributed by atoms with Crippen molar-refractivity contribution in [2.75, 3.05) is 18.4 Å². The molecule has 0 fully saturated rings. The van der Waals surface area contributed by atoms with E-state index in [2.05, 4.69) is 15.3 Å². The first-order valence-electron chi connectivity index (χ1n) is 9.61. The Morgan fingerprint density at radius 3 is 2.97 bits per heavy atom. The summed E-state index contributed by atoms with van der Waals surface area (Å²) in [4.78, 5) is 33.4. The number of hydrogen-bond acceptors (Lipinski definition) is 5. The topological polar surface area (TPSA) is 104 Å². The van der Waals surface area contributed by atoms with Gasteiger partial charge in [0.15, 0.2) is 0 Å². The van der Waals surface area contributed by atoms with E-state index in [1.807, 2.05) is 25.1 Å². The molecular weight excluding hydrogens is 409 g/mol. The first-order chi connectivity index (χ1) is 14.4. The number of rotatable bonds is 4. The average Bonchev–Trinajstić information content (AvgIpc) is 2.72. The molecule has 1 aliphatic heterocycles. The molecule has 2 heterocycles. The fourth-order valence-electron chi connectivity index (χ4n) is 3.85. The van der Waals surface area contributed by atoms with Crippen molar-refractivity contribution in [2.24, 2.45) is 5.73 Å². The summed E-state index contributed by atoms with van der Waals surface area (Å²) in [6.07, 6.45) is 0.713. The van der Waals surface area contributed by atoms with Crippen LogP contribution >= 0.6 is 11.6 Å². The van der Waals surface area contributed by atoms with Crippen LogP contribution in [-0.2, 0) is 17.8 Å². The fraction of sp³-hybridized carbons (Fsp3) is 0.286. The Morgan fingerprint density at radius 2 is 2.20 bits per heavy atom. The summed E-state index contributed by atoms with van der Waals surface area (Å²) < 4.78 is 14.5. The molecule has 1 aliphatic rings. The van der Waals surface area contributed by atoms with E-state index in [1.54, 1.807) is 4.90 Å². The van der Waals surface area contributed by atoms with Gasteiger partial charge < -0.3 is 20.9 Å². The lowest BCUT2D eigenvalue weighted by molar-refractivity contribution is -0.131. The monoisotopic (exact) mass is 429 g/mol. The normalized spacial score (nSPS) is 15.9. The molecule has 4 N–H and O–H groups in total. The van der Waals surface area contributed by atoms with E-state index in [1.165, 1.54) is 6.07 Å². The maximum Gasteiger partial charge on any atom is 0.258 e. The zero-order chi connectivity index (χ0) is 21.4. The van der Waals surface area contributed by atoms with E-state index in [0.29, 0.717) is 29.3 Å². The Labute approximate surface area is 177 Å². The number of H-pyrrole nitrogens is 1. The summed E-state index contributed by atoms with van der Waals surface area (Å²) in [5, 5.41) is 3.65. The van der Waals surface area contributed by atoms with Crippen LogP contribution < -0.4 is 16.6 Å². The molecule has 1 amide bonds. The second kappa shape index (κ2) is 8.04. The van der Waals surface area contributed by atoms with Crippen LogP contribution in [0.15, 0.2) is 35.1 Å². The molecule has 0 aliphatic carbocycles. The molecule has 3 aromatic rings. The maximum absolute atomic E-state index is 14.5. The van der Waals surface area contributed by atoms with Crippen molar-refractivity contribution < 1.29 is 9.18 Å². The lowest BCUT2D eigenvalue weighted by atomic mass is 9.93. The molecule has 0 bridgehead atoms. The van der Waals surface area contributed by atoms with Crippen molar-refractivity contribution in [3.05, 3.63) is 68.5 Å². The van der Waals surface area contributed by atoms with Gasteiger partial charge >= 0.3 is 0 Å². The second-order valence-corrected chi connectivity index (χ2v) is 7.71. The Morgan fingerprint density at radius 1 is 1.40 bits per heavy atom. The highest BCUT2D eigenvalue weighted by Gasteiger charge is 2.27. The smallest absolute Gasteiger partial charge is 0.258 e. The van der Waals surface area contributed by atoms with Crippen LogP contribution in [0.1, 0.15) is 29.9 Å². The molecule has 0 saturated carbocycles. The van der Waals surface area contributed by atoms with Gasteiger partial charge in [-0.25, -0.2) is 9.37 Å². The maximum atomic E-state index is 14.5. The van der Waals surface area contributed by atoms with E-state index < -0.39 is 11.4 Å². The van der Waals surface area contributed by atoms with Crippen LogP contribution in [0.25, 0.3) is 10.9 Å². The minimum atomic E-state index is -0.630. The highest BCUT2D eigenvalue weighted by molar-refractivity contribution is 6.30. The van der Waals surface area contributed by atoms with Crippen molar-refractivity contribution >= 4 is 34.1 Å².